The lowest BCUT2D eigenvalue weighted by Gasteiger charge is -2.10. The number of nitriles is 1. The van der Waals surface area contributed by atoms with Crippen molar-refractivity contribution in [3.05, 3.63) is 41.2 Å². The molecule has 8 heteroatoms. The lowest BCUT2D eigenvalue weighted by Crippen LogP contribution is -2.11. The highest BCUT2D eigenvalue weighted by atomic mass is 16.5. The Bertz CT molecular complexity index is 817. The van der Waals surface area contributed by atoms with Gasteiger partial charge in [0.1, 0.15) is 17.4 Å². The van der Waals surface area contributed by atoms with Gasteiger partial charge in [-0.1, -0.05) is 0 Å². The summed E-state index contributed by atoms with van der Waals surface area (Å²) < 4.78 is 5.87. The van der Waals surface area contributed by atoms with Crippen LogP contribution in [0.3, 0.4) is 0 Å². The molecular weight excluding hydrogens is 290 g/mol. The number of phenols is 1. The number of benzene rings is 1. The molecule has 1 aromatic heterocycles. The Hall–Kier alpha value is -3.47. The van der Waals surface area contributed by atoms with Gasteiger partial charge in [-0.05, 0) is 18.2 Å². The van der Waals surface area contributed by atoms with Crippen molar-refractivity contribution in [2.75, 3.05) is 12.8 Å². The quantitative estimate of drug-likeness (QED) is 0.722. The fourth-order valence-corrected chi connectivity index (χ4v) is 1.96. The highest BCUT2D eigenvalue weighted by molar-refractivity contribution is 5.96. The number of aromatic hydroxyl groups is 1. The van der Waals surface area contributed by atoms with E-state index >= 15 is 0 Å². The Balaban J connectivity index is 2.73. The van der Waals surface area contributed by atoms with E-state index < -0.39 is 17.7 Å². The third kappa shape index (κ3) is 2.31. The van der Waals surface area contributed by atoms with Crippen molar-refractivity contribution in [2.45, 2.75) is 0 Å². The van der Waals surface area contributed by atoms with E-state index in [4.69, 9.17) is 16.1 Å². The van der Waals surface area contributed by atoms with Crippen molar-refractivity contribution in [1.29, 1.82) is 5.26 Å². The van der Waals surface area contributed by atoms with Crippen LogP contribution in [0.5, 0.6) is 5.75 Å². The summed E-state index contributed by atoms with van der Waals surface area (Å²) in [6.45, 7) is 0. The number of aromatic carboxylic acids is 1. The van der Waals surface area contributed by atoms with Gasteiger partial charge >= 0.3 is 11.9 Å². The number of carboxylic acid groups (broad SMARTS) is 1. The number of hydrogen-bond donors (Lipinski definition) is 3. The summed E-state index contributed by atoms with van der Waals surface area (Å²) in [5.74, 6) is -2.53. The molecule has 1 heterocycles. The van der Waals surface area contributed by atoms with E-state index in [1.54, 1.807) is 0 Å². The highest BCUT2D eigenvalue weighted by Gasteiger charge is 2.22. The number of anilines is 1. The van der Waals surface area contributed by atoms with Crippen molar-refractivity contribution >= 4 is 17.6 Å². The van der Waals surface area contributed by atoms with Gasteiger partial charge in [0.25, 0.3) is 0 Å². The molecule has 0 saturated heterocycles. The van der Waals surface area contributed by atoms with Crippen molar-refractivity contribution in [1.82, 2.24) is 4.57 Å². The van der Waals surface area contributed by atoms with Crippen LogP contribution in [0.2, 0.25) is 0 Å². The minimum Gasteiger partial charge on any atom is -0.507 e. The van der Waals surface area contributed by atoms with Crippen molar-refractivity contribution in [3.8, 4) is 17.5 Å². The first kappa shape index (κ1) is 14.9. The van der Waals surface area contributed by atoms with E-state index in [-0.39, 0.29) is 28.2 Å². The van der Waals surface area contributed by atoms with Crippen LogP contribution >= 0.6 is 0 Å². The summed E-state index contributed by atoms with van der Waals surface area (Å²) in [6, 6.07) is 5.54. The van der Waals surface area contributed by atoms with Crippen molar-refractivity contribution < 1.29 is 24.5 Å². The molecule has 0 fully saturated rings. The lowest BCUT2D eigenvalue weighted by atomic mass is 10.1. The number of ether oxygens (including phenoxy) is 1. The van der Waals surface area contributed by atoms with E-state index in [9.17, 15) is 14.7 Å². The molecule has 4 N–H and O–H groups in total. The Kier molecular flexibility index (Phi) is 3.73. The molecule has 8 nitrogen and oxygen atoms in total. The number of aromatic nitrogens is 1. The summed E-state index contributed by atoms with van der Waals surface area (Å²) in [5.41, 5.74) is 5.52. The molecule has 0 saturated carbocycles. The number of nitrogen functional groups attached to an aromatic ring is 1. The molecule has 0 unspecified atom stereocenters. The predicted octanol–water partition coefficient (Wildman–Crippen LogP) is 1.12. The van der Waals surface area contributed by atoms with Crippen LogP contribution in [-0.2, 0) is 4.74 Å². The summed E-state index contributed by atoms with van der Waals surface area (Å²) in [5, 5.41) is 27.6. The van der Waals surface area contributed by atoms with Crippen molar-refractivity contribution in [2.24, 2.45) is 0 Å². The van der Waals surface area contributed by atoms with E-state index in [1.165, 1.54) is 22.9 Å². The summed E-state index contributed by atoms with van der Waals surface area (Å²) in [4.78, 5) is 22.9. The van der Waals surface area contributed by atoms with E-state index in [1.807, 2.05) is 6.07 Å². The van der Waals surface area contributed by atoms with Gasteiger partial charge < -0.3 is 25.3 Å². The Labute approximate surface area is 124 Å². The normalized spacial score (nSPS) is 10.0. The Morgan fingerprint density at radius 2 is 2.09 bits per heavy atom. The third-order valence-corrected chi connectivity index (χ3v) is 3.03. The number of rotatable bonds is 3. The van der Waals surface area contributed by atoms with E-state index in [0.717, 1.165) is 13.2 Å². The van der Waals surface area contributed by atoms with Crippen LogP contribution < -0.4 is 5.73 Å². The summed E-state index contributed by atoms with van der Waals surface area (Å²) >= 11 is 0. The molecule has 0 spiro atoms. The molecular formula is C14H11N3O5. The number of carbonyl (C=O) groups excluding carboxylic acids is 1. The molecule has 0 aliphatic carbocycles. The smallest absolute Gasteiger partial charge is 0.357 e. The molecule has 0 bridgehead atoms. The number of nitrogens with two attached hydrogens (primary N) is 1. The molecule has 0 amide bonds. The number of hydrogen-bond acceptors (Lipinski definition) is 6. The average Bonchev–Trinajstić information content (AvgIpc) is 2.83. The fraction of sp³-hybridized carbons (Fsp3) is 0.0714. The SMILES string of the molecule is COC(=O)c1c(N)c(C#N)cn1-c1ccc(O)c(C(=O)O)c1. The van der Waals surface area contributed by atoms with E-state index in [0.29, 0.717) is 0 Å². The molecule has 0 atom stereocenters. The molecule has 2 aromatic rings. The maximum atomic E-state index is 11.8. The minimum atomic E-state index is -1.33. The van der Waals surface area contributed by atoms with Crippen LogP contribution in [0.4, 0.5) is 5.69 Å². The zero-order chi connectivity index (χ0) is 16.4. The predicted molar refractivity (Wildman–Crippen MR) is 74.9 cm³/mol. The van der Waals surface area contributed by atoms with Crippen LogP contribution in [0.25, 0.3) is 5.69 Å². The van der Waals surface area contributed by atoms with Gasteiger partial charge in [-0.15, -0.1) is 0 Å². The average molecular weight is 301 g/mol. The van der Waals surface area contributed by atoms with Crippen LogP contribution in [0.1, 0.15) is 26.4 Å². The molecule has 0 aliphatic rings. The molecule has 22 heavy (non-hydrogen) atoms. The number of carbonyl (C=O) groups is 2. The highest BCUT2D eigenvalue weighted by Crippen LogP contribution is 2.27. The molecule has 112 valence electrons. The first-order valence-electron chi connectivity index (χ1n) is 5.96. The largest absolute Gasteiger partial charge is 0.507 e. The number of carboxylic acids is 1. The molecule has 1 aromatic carbocycles. The fourth-order valence-electron chi connectivity index (χ4n) is 1.96. The first-order valence-corrected chi connectivity index (χ1v) is 5.96. The second-order valence-electron chi connectivity index (χ2n) is 4.29. The number of methoxy groups -OCH3 is 1. The Morgan fingerprint density at radius 1 is 1.41 bits per heavy atom. The van der Waals surface area contributed by atoms with Gasteiger partial charge in [0, 0.05) is 11.9 Å². The summed E-state index contributed by atoms with van der Waals surface area (Å²) in [7, 11) is 1.16. The Morgan fingerprint density at radius 3 is 2.64 bits per heavy atom. The van der Waals surface area contributed by atoms with Gasteiger partial charge in [-0.3, -0.25) is 0 Å². The summed E-state index contributed by atoms with van der Waals surface area (Å²) in [6.07, 6.45) is 1.29. The van der Waals surface area contributed by atoms with Gasteiger partial charge in [0.2, 0.25) is 0 Å². The molecule has 0 radical (unpaired) electrons. The standard InChI is InChI=1S/C14H11N3O5/c1-22-14(21)12-11(16)7(5-15)6-17(12)8-2-3-10(18)9(4-8)13(19)20/h2-4,6,18H,16H2,1H3,(H,19,20). The zero-order valence-corrected chi connectivity index (χ0v) is 11.4. The van der Waals surface area contributed by atoms with Crippen LogP contribution in [0.15, 0.2) is 24.4 Å². The second kappa shape index (κ2) is 5.49. The third-order valence-electron chi connectivity index (χ3n) is 3.03. The maximum Gasteiger partial charge on any atom is 0.357 e. The lowest BCUT2D eigenvalue weighted by molar-refractivity contribution is 0.0592. The first-order chi connectivity index (χ1) is 10.4. The maximum absolute atomic E-state index is 11.8. The van der Waals surface area contributed by atoms with Gasteiger partial charge in [-0.2, -0.15) is 5.26 Å². The van der Waals surface area contributed by atoms with Gasteiger partial charge in [0.05, 0.1) is 18.4 Å². The topological polar surface area (TPSA) is 139 Å². The monoisotopic (exact) mass is 301 g/mol. The minimum absolute atomic E-state index is 0.0466. The molecule has 0 aliphatic heterocycles. The second-order valence-corrected chi connectivity index (χ2v) is 4.29. The van der Waals surface area contributed by atoms with E-state index in [2.05, 4.69) is 4.74 Å². The van der Waals surface area contributed by atoms with Crippen LogP contribution in [0, 0.1) is 11.3 Å². The number of nitrogens with zero attached hydrogens (tertiary/aromatic N) is 2. The van der Waals surface area contributed by atoms with Crippen molar-refractivity contribution in [3.63, 3.8) is 0 Å². The van der Waals surface area contributed by atoms with Crippen LogP contribution in [-0.4, -0.2) is 33.8 Å². The number of esters is 1. The van der Waals surface area contributed by atoms with Gasteiger partial charge in [0.15, 0.2) is 5.69 Å². The zero-order valence-electron chi connectivity index (χ0n) is 11.4. The van der Waals surface area contributed by atoms with Gasteiger partial charge in [-0.25, -0.2) is 9.59 Å². The molecule has 2 rings (SSSR count).